The number of piperidine rings is 1. The lowest BCUT2D eigenvalue weighted by Crippen LogP contribution is -2.38. The van der Waals surface area contributed by atoms with Gasteiger partial charge in [0.1, 0.15) is 22.3 Å². The molecule has 0 spiro atoms. The minimum atomic E-state index is -3.24. The average Bonchev–Trinajstić information content (AvgIpc) is 3.48. The molecule has 1 aliphatic rings. The number of nitrogens with zero attached hydrogens (tertiary/aromatic N) is 5. The highest BCUT2D eigenvalue weighted by Gasteiger charge is 2.30. The highest BCUT2D eigenvalue weighted by Crippen LogP contribution is 2.29. The summed E-state index contributed by atoms with van der Waals surface area (Å²) in [7, 11) is -3.24. The lowest BCUT2D eigenvalue weighted by molar-refractivity contribution is 0.309. The van der Waals surface area contributed by atoms with Crippen LogP contribution >= 0.6 is 11.3 Å². The molecule has 4 aromatic rings. The van der Waals surface area contributed by atoms with Gasteiger partial charge in [-0.3, -0.25) is 0 Å². The summed E-state index contributed by atoms with van der Waals surface area (Å²) >= 11 is 1.39. The third kappa shape index (κ3) is 4.23. The quantitative estimate of drug-likeness (QED) is 0.437. The molecule has 1 saturated heterocycles. The predicted molar refractivity (Wildman–Crippen MR) is 120 cm³/mol. The van der Waals surface area contributed by atoms with Crippen LogP contribution in [0, 0.1) is 5.82 Å². The monoisotopic (exact) mass is 473 g/mol. The van der Waals surface area contributed by atoms with Gasteiger partial charge in [0.15, 0.2) is 5.82 Å². The fourth-order valence-electron chi connectivity index (χ4n) is 3.79. The molecule has 166 valence electrons. The van der Waals surface area contributed by atoms with Gasteiger partial charge in [-0.25, -0.2) is 17.1 Å². The number of rotatable bonds is 5. The Morgan fingerprint density at radius 2 is 1.97 bits per heavy atom. The van der Waals surface area contributed by atoms with Crippen molar-refractivity contribution in [3.05, 3.63) is 58.8 Å². The largest absolute Gasteiger partial charge is 0.457 e. The van der Waals surface area contributed by atoms with Crippen molar-refractivity contribution in [1.82, 2.24) is 24.1 Å². The Balaban J connectivity index is 1.35. The molecular formula is C21H20FN5O3S2. The number of aromatic nitrogens is 4. The van der Waals surface area contributed by atoms with Gasteiger partial charge in [-0.05, 0) is 61.4 Å². The summed E-state index contributed by atoms with van der Waals surface area (Å²) in [6, 6.07) is 9.80. The smallest absolute Gasteiger partial charge is 0.234 e. The molecule has 32 heavy (non-hydrogen) atoms. The number of hydrogen-bond donors (Lipinski definition) is 0. The molecule has 8 nitrogen and oxygen atoms in total. The molecule has 1 fully saturated rings. The number of halogens is 1. The predicted octanol–water partition coefficient (Wildman–Crippen LogP) is 3.89. The Kier molecular flexibility index (Phi) is 5.39. The average molecular weight is 474 g/mol. The van der Waals surface area contributed by atoms with Gasteiger partial charge in [0.05, 0.1) is 6.26 Å². The number of sulfonamides is 1. The second-order valence-electron chi connectivity index (χ2n) is 7.70. The highest BCUT2D eigenvalue weighted by atomic mass is 32.2. The Bertz CT molecular complexity index is 1390. The van der Waals surface area contributed by atoms with Crippen LogP contribution in [0.25, 0.3) is 28.4 Å². The van der Waals surface area contributed by atoms with Crippen LogP contribution < -0.4 is 0 Å². The molecule has 0 bridgehead atoms. The Labute approximate surface area is 188 Å². The number of furan rings is 1. The number of hydrogen-bond acceptors (Lipinski definition) is 7. The van der Waals surface area contributed by atoms with Crippen LogP contribution in [-0.2, 0) is 10.0 Å². The van der Waals surface area contributed by atoms with Crippen molar-refractivity contribution < 1.29 is 17.2 Å². The van der Waals surface area contributed by atoms with Crippen LogP contribution in [0.3, 0.4) is 0 Å². The van der Waals surface area contributed by atoms with Crippen LogP contribution in [0.1, 0.15) is 35.4 Å². The molecule has 0 saturated carbocycles. The van der Waals surface area contributed by atoms with Gasteiger partial charge in [0.2, 0.25) is 15.0 Å². The van der Waals surface area contributed by atoms with Crippen LogP contribution in [-0.4, -0.2) is 51.9 Å². The zero-order valence-corrected chi connectivity index (χ0v) is 18.8. The fraction of sp³-hybridized carbons (Fsp3) is 0.286. The van der Waals surface area contributed by atoms with Crippen LogP contribution in [0.5, 0.6) is 0 Å². The highest BCUT2D eigenvalue weighted by molar-refractivity contribution is 7.88. The van der Waals surface area contributed by atoms with Crippen molar-refractivity contribution in [2.45, 2.75) is 18.8 Å². The third-order valence-corrected chi connectivity index (χ3v) is 7.53. The summed E-state index contributed by atoms with van der Waals surface area (Å²) in [4.78, 5) is 0.655. The minimum absolute atomic E-state index is 0.0456. The molecule has 4 heterocycles. The van der Waals surface area contributed by atoms with E-state index >= 15 is 0 Å². The first-order valence-electron chi connectivity index (χ1n) is 10.1. The molecule has 1 unspecified atom stereocenters. The zero-order chi connectivity index (χ0) is 22.3. The van der Waals surface area contributed by atoms with Crippen LogP contribution in [0.15, 0.2) is 40.8 Å². The van der Waals surface area contributed by atoms with Gasteiger partial charge in [-0.15, -0.1) is 10.2 Å². The van der Waals surface area contributed by atoms with Crippen molar-refractivity contribution in [3.63, 3.8) is 0 Å². The van der Waals surface area contributed by atoms with Gasteiger partial charge < -0.3 is 4.42 Å². The van der Waals surface area contributed by atoms with Gasteiger partial charge in [-0.2, -0.15) is 9.61 Å². The van der Waals surface area contributed by atoms with Crippen molar-refractivity contribution in [2.75, 3.05) is 19.3 Å². The van der Waals surface area contributed by atoms with E-state index in [0.717, 1.165) is 23.4 Å². The first kappa shape index (κ1) is 21.0. The standard InChI is InChI=1S/C21H20FN5O3S2/c1-32(28,29)26-12-2-3-15(13-26)20-23-24-21-27(20)25-19(31-21)11-9-17-8-10-18(30-17)14-4-6-16(22)7-5-14/h4-11,15H,2-3,12-13H2,1H3. The molecule has 1 aliphatic heterocycles. The van der Waals surface area contributed by atoms with E-state index in [1.54, 1.807) is 16.6 Å². The SMILES string of the molecule is CS(=O)(=O)N1CCCC(c2nnc3sc(C=Cc4ccc(-c5ccc(F)cc5)o4)nn23)C1. The van der Waals surface area contributed by atoms with Crippen molar-refractivity contribution in [1.29, 1.82) is 0 Å². The van der Waals surface area contributed by atoms with Gasteiger partial charge in [0.25, 0.3) is 0 Å². The van der Waals surface area contributed by atoms with E-state index in [-0.39, 0.29) is 11.7 Å². The maximum absolute atomic E-state index is 13.1. The molecule has 0 N–H and O–H groups in total. The van der Waals surface area contributed by atoms with Crippen molar-refractivity contribution in [2.24, 2.45) is 0 Å². The molecule has 3 aromatic heterocycles. The number of fused-ring (bicyclic) bond motifs is 1. The normalized spacial score (nSPS) is 18.1. The van der Waals surface area contributed by atoms with E-state index in [1.165, 1.54) is 34.0 Å². The zero-order valence-electron chi connectivity index (χ0n) is 17.2. The molecule has 5 rings (SSSR count). The molecule has 11 heteroatoms. The molecule has 0 aliphatic carbocycles. The van der Waals surface area contributed by atoms with E-state index < -0.39 is 10.0 Å². The maximum Gasteiger partial charge on any atom is 0.234 e. The summed E-state index contributed by atoms with van der Waals surface area (Å²) in [6.45, 7) is 0.923. The molecule has 0 amide bonds. The topological polar surface area (TPSA) is 93.6 Å². The Hall–Kier alpha value is -2.89. The molecule has 0 radical (unpaired) electrons. The lowest BCUT2D eigenvalue weighted by Gasteiger charge is -2.29. The summed E-state index contributed by atoms with van der Waals surface area (Å²) in [5.74, 6) is 1.64. The number of benzene rings is 1. The maximum atomic E-state index is 13.1. The molecular weight excluding hydrogens is 453 g/mol. The summed E-state index contributed by atoms with van der Waals surface area (Å²) < 4.78 is 46.0. The first-order valence-corrected chi connectivity index (χ1v) is 12.7. The van der Waals surface area contributed by atoms with Crippen molar-refractivity contribution in [3.8, 4) is 11.3 Å². The van der Waals surface area contributed by atoms with Gasteiger partial charge >= 0.3 is 0 Å². The summed E-state index contributed by atoms with van der Waals surface area (Å²) in [5.41, 5.74) is 0.796. The van der Waals surface area contributed by atoms with E-state index in [1.807, 2.05) is 24.3 Å². The van der Waals surface area contributed by atoms with E-state index in [2.05, 4.69) is 15.3 Å². The van der Waals surface area contributed by atoms with Gasteiger partial charge in [0, 0.05) is 24.6 Å². The fourth-order valence-corrected chi connectivity index (χ4v) is 5.45. The van der Waals surface area contributed by atoms with E-state index in [9.17, 15) is 12.8 Å². The summed E-state index contributed by atoms with van der Waals surface area (Å²) in [6.07, 6.45) is 6.49. The third-order valence-electron chi connectivity index (χ3n) is 5.39. The first-order chi connectivity index (χ1) is 15.4. The molecule has 1 aromatic carbocycles. The second kappa shape index (κ2) is 8.23. The lowest BCUT2D eigenvalue weighted by atomic mass is 9.99. The van der Waals surface area contributed by atoms with Gasteiger partial charge in [-0.1, -0.05) is 11.3 Å². The Morgan fingerprint density at radius 1 is 1.16 bits per heavy atom. The minimum Gasteiger partial charge on any atom is -0.457 e. The summed E-state index contributed by atoms with van der Waals surface area (Å²) in [5, 5.41) is 13.8. The van der Waals surface area contributed by atoms with Crippen LogP contribution in [0.4, 0.5) is 4.39 Å². The van der Waals surface area contributed by atoms with Crippen LogP contribution in [0.2, 0.25) is 0 Å². The van der Waals surface area contributed by atoms with E-state index in [4.69, 9.17) is 4.42 Å². The Morgan fingerprint density at radius 3 is 2.75 bits per heavy atom. The second-order valence-corrected chi connectivity index (χ2v) is 10.7. The van der Waals surface area contributed by atoms with Crippen molar-refractivity contribution >= 4 is 38.5 Å². The molecule has 1 atom stereocenters. The van der Waals surface area contributed by atoms with E-state index in [0.29, 0.717) is 35.4 Å².